The summed E-state index contributed by atoms with van der Waals surface area (Å²) in [6.45, 7) is 2.85. The Morgan fingerprint density at radius 2 is 2.40 bits per heavy atom. The molecule has 0 aromatic heterocycles. The van der Waals surface area contributed by atoms with Crippen molar-refractivity contribution in [3.05, 3.63) is 45.3 Å². The average molecular weight is 274 g/mol. The van der Waals surface area contributed by atoms with Crippen LogP contribution in [0.2, 0.25) is 0 Å². The van der Waals surface area contributed by atoms with E-state index in [-0.39, 0.29) is 0 Å². The van der Waals surface area contributed by atoms with Crippen LogP contribution in [0.25, 0.3) is 10.4 Å². The van der Waals surface area contributed by atoms with Crippen molar-refractivity contribution in [2.45, 2.75) is 31.7 Å². The number of carboxylic acids is 1. The summed E-state index contributed by atoms with van der Waals surface area (Å²) in [5.74, 6) is -0.842. The number of aryl methyl sites for hydroxylation is 2. The fourth-order valence-corrected chi connectivity index (χ4v) is 2.74. The molecule has 0 radical (unpaired) electrons. The third kappa shape index (κ3) is 2.61. The van der Waals surface area contributed by atoms with Crippen LogP contribution in [-0.4, -0.2) is 24.2 Å². The van der Waals surface area contributed by atoms with Gasteiger partial charge in [-0.2, -0.15) is 0 Å². The van der Waals surface area contributed by atoms with Gasteiger partial charge in [-0.3, -0.25) is 5.32 Å². The van der Waals surface area contributed by atoms with Crippen LogP contribution < -0.4 is 5.32 Å². The van der Waals surface area contributed by atoms with Gasteiger partial charge in [0.2, 0.25) is 0 Å². The molecule has 1 unspecified atom stereocenters. The van der Waals surface area contributed by atoms with Crippen molar-refractivity contribution in [1.29, 1.82) is 0 Å². The van der Waals surface area contributed by atoms with Crippen LogP contribution in [0, 0.1) is 6.92 Å². The van der Waals surface area contributed by atoms with Gasteiger partial charge >= 0.3 is 5.97 Å². The Hall–Kier alpha value is -2.04. The number of carbonyl (C=O) groups is 1. The second-order valence-electron chi connectivity index (χ2n) is 5.11. The maximum absolute atomic E-state index is 11.8. The predicted octanol–water partition coefficient (Wildman–Crippen LogP) is 2.51. The molecule has 6 heteroatoms. The number of nitrogens with zero attached hydrogens (tertiary/aromatic N) is 3. The van der Waals surface area contributed by atoms with Crippen LogP contribution in [-0.2, 0) is 16.8 Å². The maximum Gasteiger partial charge on any atom is 0.328 e. The van der Waals surface area contributed by atoms with E-state index >= 15 is 0 Å². The van der Waals surface area contributed by atoms with E-state index in [1.165, 1.54) is 0 Å². The largest absolute Gasteiger partial charge is 0.480 e. The van der Waals surface area contributed by atoms with E-state index < -0.39 is 11.5 Å². The quantitative estimate of drug-likeness (QED) is 0.361. The lowest BCUT2D eigenvalue weighted by atomic mass is 9.90. The molecule has 1 aliphatic rings. The van der Waals surface area contributed by atoms with E-state index in [9.17, 15) is 9.90 Å². The first-order valence-corrected chi connectivity index (χ1v) is 6.69. The molecule has 20 heavy (non-hydrogen) atoms. The van der Waals surface area contributed by atoms with Gasteiger partial charge in [0, 0.05) is 11.5 Å². The Labute approximate surface area is 117 Å². The number of hydrogen-bond donors (Lipinski definition) is 2. The highest BCUT2D eigenvalue weighted by atomic mass is 16.4. The fraction of sp³-hybridized carbons (Fsp3) is 0.500. The molecule has 0 saturated heterocycles. The predicted molar refractivity (Wildman–Crippen MR) is 75.4 cm³/mol. The summed E-state index contributed by atoms with van der Waals surface area (Å²) in [5, 5.41) is 16.3. The Morgan fingerprint density at radius 3 is 3.10 bits per heavy atom. The Morgan fingerprint density at radius 1 is 1.60 bits per heavy atom. The molecule has 1 aliphatic carbocycles. The fourth-order valence-electron chi connectivity index (χ4n) is 2.74. The van der Waals surface area contributed by atoms with Crippen LogP contribution in [0.3, 0.4) is 0 Å². The molecule has 2 rings (SSSR count). The molecule has 0 amide bonds. The molecule has 106 valence electrons. The number of azide groups is 1. The zero-order valence-corrected chi connectivity index (χ0v) is 11.5. The monoisotopic (exact) mass is 274 g/mol. The Kier molecular flexibility index (Phi) is 4.27. The topological polar surface area (TPSA) is 98.1 Å². The van der Waals surface area contributed by atoms with E-state index in [4.69, 9.17) is 5.53 Å². The van der Waals surface area contributed by atoms with Gasteiger partial charge in [0.15, 0.2) is 0 Å². The Bertz CT molecular complexity index is 566. The third-order valence-electron chi connectivity index (χ3n) is 3.78. The first-order chi connectivity index (χ1) is 9.60. The smallest absolute Gasteiger partial charge is 0.328 e. The van der Waals surface area contributed by atoms with Crippen molar-refractivity contribution >= 4 is 5.97 Å². The van der Waals surface area contributed by atoms with Gasteiger partial charge in [-0.15, -0.1) is 0 Å². The minimum Gasteiger partial charge on any atom is -0.480 e. The molecule has 1 aromatic carbocycles. The van der Waals surface area contributed by atoms with Crippen LogP contribution in [0.5, 0.6) is 0 Å². The molecule has 0 spiro atoms. The van der Waals surface area contributed by atoms with Crippen LogP contribution >= 0.6 is 0 Å². The number of benzene rings is 1. The molecule has 6 nitrogen and oxygen atoms in total. The highest BCUT2D eigenvalue weighted by Crippen LogP contribution is 2.37. The van der Waals surface area contributed by atoms with Crippen LogP contribution in [0.4, 0.5) is 0 Å². The van der Waals surface area contributed by atoms with E-state index in [0.717, 1.165) is 23.1 Å². The maximum atomic E-state index is 11.8. The van der Waals surface area contributed by atoms with Gasteiger partial charge in [0.25, 0.3) is 0 Å². The van der Waals surface area contributed by atoms with Crippen molar-refractivity contribution < 1.29 is 9.90 Å². The summed E-state index contributed by atoms with van der Waals surface area (Å²) in [6.07, 6.45) is 1.95. The van der Waals surface area contributed by atoms with Crippen LogP contribution in [0.15, 0.2) is 23.3 Å². The van der Waals surface area contributed by atoms with Crippen molar-refractivity contribution in [2.24, 2.45) is 5.11 Å². The number of fused-ring (bicyclic) bond motifs is 1. The molecule has 2 N–H and O–H groups in total. The molecular formula is C14H18N4O2. The summed E-state index contributed by atoms with van der Waals surface area (Å²) in [6, 6.07) is 5.98. The van der Waals surface area contributed by atoms with Gasteiger partial charge < -0.3 is 5.11 Å². The molecule has 0 heterocycles. The minimum absolute atomic E-state index is 0.375. The van der Waals surface area contributed by atoms with Crippen molar-refractivity contribution in [1.82, 2.24) is 5.32 Å². The SMILES string of the molecule is Cc1ccc2c(c1)C(NCCCN=[N+]=[N-])(C(=O)O)CC2. The lowest BCUT2D eigenvalue weighted by Crippen LogP contribution is -2.48. The first kappa shape index (κ1) is 14.4. The van der Waals surface area contributed by atoms with Gasteiger partial charge in [-0.05, 0) is 49.4 Å². The molecule has 1 aromatic rings. The number of rotatable bonds is 6. The summed E-state index contributed by atoms with van der Waals surface area (Å²) in [4.78, 5) is 14.5. The summed E-state index contributed by atoms with van der Waals surface area (Å²) in [5.41, 5.74) is 10.2. The molecule has 1 atom stereocenters. The molecule has 0 bridgehead atoms. The zero-order chi connectivity index (χ0) is 14.6. The zero-order valence-electron chi connectivity index (χ0n) is 11.5. The van der Waals surface area contributed by atoms with Crippen LogP contribution in [0.1, 0.15) is 29.5 Å². The lowest BCUT2D eigenvalue weighted by molar-refractivity contribution is -0.145. The molecule has 0 fully saturated rings. The van der Waals surface area contributed by atoms with E-state index in [1.807, 2.05) is 25.1 Å². The highest BCUT2D eigenvalue weighted by Gasteiger charge is 2.45. The number of nitrogens with one attached hydrogen (secondary N) is 1. The second-order valence-corrected chi connectivity index (χ2v) is 5.11. The summed E-state index contributed by atoms with van der Waals surface area (Å²) >= 11 is 0. The van der Waals surface area contributed by atoms with E-state index in [2.05, 4.69) is 15.3 Å². The highest BCUT2D eigenvalue weighted by molar-refractivity contribution is 5.82. The normalized spacial score (nSPS) is 20.2. The molecule has 0 aliphatic heterocycles. The van der Waals surface area contributed by atoms with Crippen molar-refractivity contribution in [3.8, 4) is 0 Å². The summed E-state index contributed by atoms with van der Waals surface area (Å²) in [7, 11) is 0. The number of aliphatic carboxylic acids is 1. The van der Waals surface area contributed by atoms with E-state index in [0.29, 0.717) is 25.9 Å². The summed E-state index contributed by atoms with van der Waals surface area (Å²) < 4.78 is 0. The molecular weight excluding hydrogens is 256 g/mol. The van der Waals surface area contributed by atoms with Crippen molar-refractivity contribution in [2.75, 3.05) is 13.1 Å². The van der Waals surface area contributed by atoms with E-state index in [1.54, 1.807) is 0 Å². The standard InChI is InChI=1S/C14H18N4O2/c1-10-3-4-11-5-6-14(13(19)20,12(11)9-10)16-7-2-8-17-18-15/h3-4,9,16H,2,5-8H2,1H3,(H,19,20). The average Bonchev–Trinajstić information content (AvgIpc) is 2.78. The van der Waals surface area contributed by atoms with Gasteiger partial charge in [-0.1, -0.05) is 28.9 Å². The number of hydrogen-bond acceptors (Lipinski definition) is 3. The van der Waals surface area contributed by atoms with Crippen molar-refractivity contribution in [3.63, 3.8) is 0 Å². The third-order valence-corrected chi connectivity index (χ3v) is 3.78. The minimum atomic E-state index is -1.00. The molecule has 0 saturated carbocycles. The Balaban J connectivity index is 2.19. The van der Waals surface area contributed by atoms with Gasteiger partial charge in [-0.25, -0.2) is 4.79 Å². The lowest BCUT2D eigenvalue weighted by Gasteiger charge is -2.27. The second kappa shape index (κ2) is 5.94. The van der Waals surface area contributed by atoms with Gasteiger partial charge in [0.05, 0.1) is 0 Å². The van der Waals surface area contributed by atoms with Gasteiger partial charge in [0.1, 0.15) is 5.54 Å². The number of carboxylic acid groups (broad SMARTS) is 1. The first-order valence-electron chi connectivity index (χ1n) is 6.69.